The fraction of sp³-hybridized carbons (Fsp3) is 0.357. The molecule has 0 saturated heterocycles. The van der Waals surface area contributed by atoms with Crippen LogP contribution in [0.3, 0.4) is 0 Å². The van der Waals surface area contributed by atoms with Crippen LogP contribution >= 0.6 is 0 Å². The van der Waals surface area contributed by atoms with Gasteiger partial charge in [0.2, 0.25) is 15.9 Å². The first-order chi connectivity index (χ1) is 9.70. The van der Waals surface area contributed by atoms with E-state index in [0.717, 1.165) is 16.8 Å². The third-order valence-corrected chi connectivity index (χ3v) is 4.86. The number of hydrogen-bond acceptors (Lipinski definition) is 5. The third kappa shape index (κ3) is 3.25. The molecule has 114 valence electrons. The molecule has 1 aromatic carbocycles. The largest absolute Gasteiger partial charge is 0.444 e. The molecule has 0 bridgehead atoms. The molecule has 1 heterocycles. The SMILES string of the molecule is Cc1cc(S(=O)(=O)NCc2nc(C)c(C)o2)cc(N)c1C. The van der Waals surface area contributed by atoms with Gasteiger partial charge in [0.05, 0.1) is 17.1 Å². The average Bonchev–Trinajstić information content (AvgIpc) is 2.72. The van der Waals surface area contributed by atoms with Gasteiger partial charge >= 0.3 is 0 Å². The van der Waals surface area contributed by atoms with Crippen molar-refractivity contribution in [3.05, 3.63) is 40.6 Å². The predicted octanol–water partition coefficient (Wildman–Crippen LogP) is 1.97. The second-order valence-corrected chi connectivity index (χ2v) is 6.80. The summed E-state index contributed by atoms with van der Waals surface area (Å²) in [6.45, 7) is 7.27. The molecule has 0 unspecified atom stereocenters. The van der Waals surface area contributed by atoms with Crippen molar-refractivity contribution in [2.75, 3.05) is 5.73 Å². The highest BCUT2D eigenvalue weighted by Gasteiger charge is 2.17. The summed E-state index contributed by atoms with van der Waals surface area (Å²) in [4.78, 5) is 4.28. The van der Waals surface area contributed by atoms with Gasteiger partial charge in [-0.3, -0.25) is 0 Å². The maximum absolute atomic E-state index is 12.3. The van der Waals surface area contributed by atoms with Gasteiger partial charge in [-0.2, -0.15) is 0 Å². The van der Waals surface area contributed by atoms with Crippen LogP contribution in [0.1, 0.15) is 28.5 Å². The summed E-state index contributed by atoms with van der Waals surface area (Å²) in [6.07, 6.45) is 0. The lowest BCUT2D eigenvalue weighted by Gasteiger charge is -2.10. The first-order valence-corrected chi connectivity index (χ1v) is 7.98. The quantitative estimate of drug-likeness (QED) is 0.841. The van der Waals surface area contributed by atoms with E-state index in [-0.39, 0.29) is 11.4 Å². The second-order valence-electron chi connectivity index (χ2n) is 5.03. The van der Waals surface area contributed by atoms with E-state index in [2.05, 4.69) is 9.71 Å². The van der Waals surface area contributed by atoms with Gasteiger partial charge in [-0.05, 0) is 51.0 Å². The van der Waals surface area contributed by atoms with Gasteiger partial charge in [0, 0.05) is 5.69 Å². The van der Waals surface area contributed by atoms with E-state index in [9.17, 15) is 8.42 Å². The van der Waals surface area contributed by atoms with Gasteiger partial charge in [0.15, 0.2) is 0 Å². The minimum absolute atomic E-state index is 0.00381. The zero-order chi connectivity index (χ0) is 15.8. The number of rotatable bonds is 4. The van der Waals surface area contributed by atoms with E-state index < -0.39 is 10.0 Å². The number of nitrogens with two attached hydrogens (primary N) is 1. The van der Waals surface area contributed by atoms with Crippen LogP contribution < -0.4 is 10.5 Å². The van der Waals surface area contributed by atoms with Crippen LogP contribution in [0, 0.1) is 27.7 Å². The number of nitrogens with one attached hydrogen (secondary N) is 1. The Kier molecular flexibility index (Phi) is 4.06. The lowest BCUT2D eigenvalue weighted by molar-refractivity contribution is 0.463. The van der Waals surface area contributed by atoms with Gasteiger partial charge in [0.25, 0.3) is 0 Å². The van der Waals surface area contributed by atoms with Crippen LogP contribution in [0.25, 0.3) is 0 Å². The Balaban J connectivity index is 2.22. The fourth-order valence-corrected chi connectivity index (χ4v) is 2.96. The molecular formula is C14H19N3O3S. The predicted molar refractivity (Wildman–Crippen MR) is 80.3 cm³/mol. The lowest BCUT2D eigenvalue weighted by atomic mass is 10.1. The van der Waals surface area contributed by atoms with E-state index in [1.807, 2.05) is 13.8 Å². The molecule has 3 N–H and O–H groups in total. The lowest BCUT2D eigenvalue weighted by Crippen LogP contribution is -2.23. The average molecular weight is 309 g/mol. The fourth-order valence-electron chi connectivity index (χ4n) is 1.86. The molecule has 0 radical (unpaired) electrons. The number of sulfonamides is 1. The van der Waals surface area contributed by atoms with Crippen molar-refractivity contribution in [1.82, 2.24) is 9.71 Å². The monoisotopic (exact) mass is 309 g/mol. The third-order valence-electron chi connectivity index (χ3n) is 3.48. The van der Waals surface area contributed by atoms with E-state index in [1.54, 1.807) is 19.9 Å². The van der Waals surface area contributed by atoms with Crippen molar-refractivity contribution in [3.8, 4) is 0 Å². The molecule has 7 heteroatoms. The van der Waals surface area contributed by atoms with Crippen molar-refractivity contribution in [1.29, 1.82) is 0 Å². The van der Waals surface area contributed by atoms with Crippen molar-refractivity contribution in [2.24, 2.45) is 0 Å². The number of benzene rings is 1. The molecule has 0 aliphatic rings. The van der Waals surface area contributed by atoms with E-state index in [1.165, 1.54) is 6.07 Å². The molecule has 0 aliphatic heterocycles. The molecule has 21 heavy (non-hydrogen) atoms. The molecule has 0 spiro atoms. The molecule has 0 fully saturated rings. The summed E-state index contributed by atoms with van der Waals surface area (Å²) in [6, 6.07) is 3.05. The molecule has 0 aliphatic carbocycles. The first kappa shape index (κ1) is 15.5. The Morgan fingerprint density at radius 1 is 1.24 bits per heavy atom. The normalized spacial score (nSPS) is 11.8. The Hall–Kier alpha value is -1.86. The summed E-state index contributed by atoms with van der Waals surface area (Å²) in [5, 5.41) is 0. The molecular weight excluding hydrogens is 290 g/mol. The van der Waals surface area contributed by atoms with E-state index >= 15 is 0 Å². The maximum Gasteiger partial charge on any atom is 0.241 e. The number of nitrogens with zero attached hydrogens (tertiary/aromatic N) is 1. The van der Waals surface area contributed by atoms with Crippen molar-refractivity contribution >= 4 is 15.7 Å². The van der Waals surface area contributed by atoms with Gasteiger partial charge in [-0.25, -0.2) is 18.1 Å². The van der Waals surface area contributed by atoms with Gasteiger partial charge in [-0.15, -0.1) is 0 Å². The molecule has 2 aromatic rings. The Labute approximate surface area is 124 Å². The molecule has 0 atom stereocenters. The summed E-state index contributed by atoms with van der Waals surface area (Å²) < 4.78 is 32.4. The summed E-state index contributed by atoms with van der Waals surface area (Å²) >= 11 is 0. The maximum atomic E-state index is 12.3. The van der Waals surface area contributed by atoms with Crippen LogP contribution in [0.15, 0.2) is 21.4 Å². The number of aromatic nitrogens is 1. The zero-order valence-corrected chi connectivity index (χ0v) is 13.3. The minimum atomic E-state index is -3.65. The molecule has 0 saturated carbocycles. The number of aryl methyl sites for hydroxylation is 3. The smallest absolute Gasteiger partial charge is 0.241 e. The van der Waals surface area contributed by atoms with E-state index in [0.29, 0.717) is 17.3 Å². The molecule has 6 nitrogen and oxygen atoms in total. The van der Waals surface area contributed by atoms with E-state index in [4.69, 9.17) is 10.2 Å². The van der Waals surface area contributed by atoms with Gasteiger partial charge < -0.3 is 10.2 Å². The van der Waals surface area contributed by atoms with Crippen LogP contribution in [0.5, 0.6) is 0 Å². The Morgan fingerprint density at radius 2 is 1.90 bits per heavy atom. The van der Waals surface area contributed by atoms with Crippen molar-refractivity contribution in [2.45, 2.75) is 39.1 Å². The summed E-state index contributed by atoms with van der Waals surface area (Å²) in [5.41, 5.74) is 8.75. The molecule has 1 aromatic heterocycles. The highest BCUT2D eigenvalue weighted by atomic mass is 32.2. The zero-order valence-electron chi connectivity index (χ0n) is 12.5. The van der Waals surface area contributed by atoms with Crippen LogP contribution in [-0.4, -0.2) is 13.4 Å². The Morgan fingerprint density at radius 3 is 2.43 bits per heavy atom. The van der Waals surface area contributed by atoms with Crippen molar-refractivity contribution < 1.29 is 12.8 Å². The number of anilines is 1. The van der Waals surface area contributed by atoms with Gasteiger partial charge in [0.1, 0.15) is 5.76 Å². The summed E-state index contributed by atoms with van der Waals surface area (Å²) in [5.74, 6) is 1.02. The summed E-state index contributed by atoms with van der Waals surface area (Å²) in [7, 11) is -3.65. The molecule has 2 rings (SSSR count). The van der Waals surface area contributed by atoms with Crippen molar-refractivity contribution in [3.63, 3.8) is 0 Å². The second kappa shape index (κ2) is 5.50. The first-order valence-electron chi connectivity index (χ1n) is 6.50. The standard InChI is InChI=1S/C14H19N3O3S/c1-8-5-12(6-13(15)9(8)2)21(18,19)16-7-14-17-10(3)11(4)20-14/h5-6,16H,7,15H2,1-4H3. The number of hydrogen-bond donors (Lipinski definition) is 2. The highest BCUT2D eigenvalue weighted by Crippen LogP contribution is 2.21. The van der Waals surface area contributed by atoms with Crippen LogP contribution in [0.2, 0.25) is 0 Å². The Bertz CT molecular complexity index is 736. The molecule has 0 amide bonds. The van der Waals surface area contributed by atoms with Crippen LogP contribution in [0.4, 0.5) is 5.69 Å². The highest BCUT2D eigenvalue weighted by molar-refractivity contribution is 7.89. The minimum Gasteiger partial charge on any atom is -0.444 e. The number of oxazole rings is 1. The number of nitrogen functional groups attached to an aromatic ring is 1. The topological polar surface area (TPSA) is 98.2 Å². The van der Waals surface area contributed by atoms with Crippen LogP contribution in [-0.2, 0) is 16.6 Å². The van der Waals surface area contributed by atoms with Gasteiger partial charge in [-0.1, -0.05) is 0 Å².